The van der Waals surface area contributed by atoms with E-state index in [0.717, 1.165) is 12.8 Å². The minimum Gasteiger partial charge on any atom is -0.493 e. The Kier molecular flexibility index (Phi) is 4.82. The molecule has 0 saturated heterocycles. The molecule has 17 heavy (non-hydrogen) atoms. The number of anilines is 1. The monoisotopic (exact) mass is 236 g/mol. The molecule has 0 unspecified atom stereocenters. The Morgan fingerprint density at radius 3 is 2.71 bits per heavy atom. The van der Waals surface area contributed by atoms with E-state index in [2.05, 4.69) is 13.8 Å². The molecule has 0 radical (unpaired) electrons. The number of benzene rings is 1. The van der Waals surface area contributed by atoms with Crippen molar-refractivity contribution in [3.63, 3.8) is 0 Å². The number of hydrogen-bond acceptors (Lipinski definition) is 3. The molecule has 0 aliphatic carbocycles. The van der Waals surface area contributed by atoms with Crippen molar-refractivity contribution in [3.8, 4) is 5.75 Å². The van der Waals surface area contributed by atoms with Gasteiger partial charge in [-0.1, -0.05) is 13.8 Å². The summed E-state index contributed by atoms with van der Waals surface area (Å²) in [5.74, 6) is 0.625. The minimum atomic E-state index is -0.496. The van der Waals surface area contributed by atoms with E-state index >= 15 is 0 Å². The predicted octanol–water partition coefficient (Wildman–Crippen LogP) is 2.18. The van der Waals surface area contributed by atoms with Crippen LogP contribution in [0, 0.1) is 5.92 Å². The number of primary amides is 1. The summed E-state index contributed by atoms with van der Waals surface area (Å²) in [6, 6.07) is 4.87. The highest BCUT2D eigenvalue weighted by Crippen LogP contribution is 2.21. The Hall–Kier alpha value is -1.71. The van der Waals surface area contributed by atoms with Gasteiger partial charge in [-0.3, -0.25) is 4.79 Å². The molecule has 1 aromatic carbocycles. The van der Waals surface area contributed by atoms with Gasteiger partial charge >= 0.3 is 0 Å². The summed E-state index contributed by atoms with van der Waals surface area (Å²) in [7, 11) is 0. The molecule has 0 atom stereocenters. The van der Waals surface area contributed by atoms with Crippen LogP contribution in [0.2, 0.25) is 0 Å². The molecular formula is C13H20N2O2. The molecule has 0 bridgehead atoms. The summed E-state index contributed by atoms with van der Waals surface area (Å²) in [5, 5.41) is 0. The van der Waals surface area contributed by atoms with Gasteiger partial charge in [0.15, 0.2) is 0 Å². The summed E-state index contributed by atoms with van der Waals surface area (Å²) in [5.41, 5.74) is 11.8. The van der Waals surface area contributed by atoms with E-state index in [1.54, 1.807) is 18.2 Å². The van der Waals surface area contributed by atoms with Gasteiger partial charge in [-0.05, 0) is 30.9 Å². The zero-order valence-electron chi connectivity index (χ0n) is 10.4. The predicted molar refractivity (Wildman–Crippen MR) is 68.9 cm³/mol. The van der Waals surface area contributed by atoms with Crippen molar-refractivity contribution in [3.05, 3.63) is 23.8 Å². The van der Waals surface area contributed by atoms with Crippen molar-refractivity contribution in [1.82, 2.24) is 0 Å². The van der Waals surface area contributed by atoms with Gasteiger partial charge in [0.2, 0.25) is 0 Å². The first kappa shape index (κ1) is 13.4. The van der Waals surface area contributed by atoms with E-state index in [0.29, 0.717) is 29.5 Å². The molecule has 1 amide bonds. The summed E-state index contributed by atoms with van der Waals surface area (Å²) in [6.45, 7) is 4.90. The minimum absolute atomic E-state index is 0.378. The number of nitrogens with two attached hydrogens (primary N) is 2. The average molecular weight is 236 g/mol. The molecule has 0 saturated carbocycles. The van der Waals surface area contributed by atoms with Crippen LogP contribution in [0.1, 0.15) is 37.0 Å². The number of hydrogen-bond donors (Lipinski definition) is 2. The van der Waals surface area contributed by atoms with Crippen LogP contribution < -0.4 is 16.2 Å². The molecular weight excluding hydrogens is 216 g/mol. The topological polar surface area (TPSA) is 78.3 Å². The number of carbonyl (C=O) groups is 1. The molecule has 94 valence electrons. The van der Waals surface area contributed by atoms with Crippen LogP contribution in [-0.2, 0) is 0 Å². The third-order valence-electron chi connectivity index (χ3n) is 2.45. The zero-order chi connectivity index (χ0) is 12.8. The normalized spacial score (nSPS) is 10.5. The van der Waals surface area contributed by atoms with Crippen LogP contribution in [-0.4, -0.2) is 12.5 Å². The van der Waals surface area contributed by atoms with Crippen molar-refractivity contribution >= 4 is 11.6 Å². The lowest BCUT2D eigenvalue weighted by Gasteiger charge is -2.11. The van der Waals surface area contributed by atoms with Crippen LogP contribution in [0.4, 0.5) is 5.69 Å². The lowest BCUT2D eigenvalue weighted by molar-refractivity contribution is 0.0996. The molecule has 0 spiro atoms. The van der Waals surface area contributed by atoms with Gasteiger partial charge < -0.3 is 16.2 Å². The van der Waals surface area contributed by atoms with Gasteiger partial charge in [0.05, 0.1) is 12.2 Å². The molecule has 1 aromatic rings. The van der Waals surface area contributed by atoms with E-state index in [9.17, 15) is 4.79 Å². The Labute approximate surface area is 102 Å². The Bertz CT molecular complexity index is 389. The van der Waals surface area contributed by atoms with Gasteiger partial charge in [-0.2, -0.15) is 0 Å². The smallest absolute Gasteiger partial charge is 0.252 e. The van der Waals surface area contributed by atoms with Crippen molar-refractivity contribution < 1.29 is 9.53 Å². The average Bonchev–Trinajstić information content (AvgIpc) is 2.23. The number of ether oxygens (including phenoxy) is 1. The summed E-state index contributed by atoms with van der Waals surface area (Å²) in [6.07, 6.45) is 2.04. The first-order valence-corrected chi connectivity index (χ1v) is 5.83. The number of nitrogen functional groups attached to an aromatic ring is 1. The first-order chi connectivity index (χ1) is 8.00. The third kappa shape index (κ3) is 4.34. The molecule has 0 aromatic heterocycles. The fourth-order valence-electron chi connectivity index (χ4n) is 1.54. The fourth-order valence-corrected chi connectivity index (χ4v) is 1.54. The summed E-state index contributed by atoms with van der Waals surface area (Å²) >= 11 is 0. The lowest BCUT2D eigenvalue weighted by atomic mass is 10.1. The van der Waals surface area contributed by atoms with E-state index in [-0.39, 0.29) is 0 Å². The molecule has 4 N–H and O–H groups in total. The fraction of sp³-hybridized carbons (Fsp3) is 0.462. The molecule has 4 nitrogen and oxygen atoms in total. The third-order valence-corrected chi connectivity index (χ3v) is 2.45. The second-order valence-corrected chi connectivity index (χ2v) is 4.50. The van der Waals surface area contributed by atoms with Gasteiger partial charge in [0, 0.05) is 11.8 Å². The summed E-state index contributed by atoms with van der Waals surface area (Å²) < 4.78 is 5.55. The van der Waals surface area contributed by atoms with E-state index in [4.69, 9.17) is 16.2 Å². The first-order valence-electron chi connectivity index (χ1n) is 5.83. The number of carbonyl (C=O) groups excluding carboxylic acids is 1. The van der Waals surface area contributed by atoms with E-state index in [1.165, 1.54) is 0 Å². The Morgan fingerprint density at radius 2 is 2.12 bits per heavy atom. The van der Waals surface area contributed by atoms with Gasteiger partial charge in [-0.15, -0.1) is 0 Å². The van der Waals surface area contributed by atoms with Crippen LogP contribution >= 0.6 is 0 Å². The van der Waals surface area contributed by atoms with Crippen molar-refractivity contribution in [2.75, 3.05) is 12.3 Å². The molecule has 0 aliphatic heterocycles. The maximum atomic E-state index is 11.2. The van der Waals surface area contributed by atoms with Gasteiger partial charge in [0.1, 0.15) is 5.75 Å². The zero-order valence-corrected chi connectivity index (χ0v) is 10.4. The largest absolute Gasteiger partial charge is 0.493 e. The van der Waals surface area contributed by atoms with E-state index < -0.39 is 5.91 Å². The van der Waals surface area contributed by atoms with Gasteiger partial charge in [0.25, 0.3) is 5.91 Å². The molecule has 0 aliphatic rings. The molecule has 4 heteroatoms. The van der Waals surface area contributed by atoms with Crippen molar-refractivity contribution in [2.24, 2.45) is 11.7 Å². The number of amides is 1. The maximum Gasteiger partial charge on any atom is 0.252 e. The van der Waals surface area contributed by atoms with Crippen LogP contribution in [0.25, 0.3) is 0 Å². The Balaban J connectivity index is 2.62. The van der Waals surface area contributed by atoms with Crippen molar-refractivity contribution in [2.45, 2.75) is 26.7 Å². The van der Waals surface area contributed by atoms with E-state index in [1.807, 2.05) is 0 Å². The lowest BCUT2D eigenvalue weighted by Crippen LogP contribution is -2.13. The quantitative estimate of drug-likeness (QED) is 0.587. The van der Waals surface area contributed by atoms with Crippen LogP contribution in [0.15, 0.2) is 18.2 Å². The second kappa shape index (κ2) is 6.13. The SMILES string of the molecule is CC(C)CCCOc1cc(N)ccc1C(N)=O. The molecule has 0 heterocycles. The van der Waals surface area contributed by atoms with Crippen LogP contribution in [0.5, 0.6) is 5.75 Å². The van der Waals surface area contributed by atoms with Crippen molar-refractivity contribution in [1.29, 1.82) is 0 Å². The Morgan fingerprint density at radius 1 is 1.41 bits per heavy atom. The highest BCUT2D eigenvalue weighted by molar-refractivity contribution is 5.96. The van der Waals surface area contributed by atoms with Crippen LogP contribution in [0.3, 0.4) is 0 Å². The standard InChI is InChI=1S/C13H20N2O2/c1-9(2)4-3-7-17-12-8-10(14)5-6-11(12)13(15)16/h5-6,8-9H,3-4,7,14H2,1-2H3,(H2,15,16). The molecule has 1 rings (SSSR count). The highest BCUT2D eigenvalue weighted by atomic mass is 16.5. The maximum absolute atomic E-state index is 11.2. The second-order valence-electron chi connectivity index (χ2n) is 4.50. The number of rotatable bonds is 6. The highest BCUT2D eigenvalue weighted by Gasteiger charge is 2.09. The summed E-state index contributed by atoms with van der Waals surface area (Å²) in [4.78, 5) is 11.2. The molecule has 0 fully saturated rings. The van der Waals surface area contributed by atoms with Gasteiger partial charge in [-0.25, -0.2) is 0 Å².